The third-order valence-corrected chi connectivity index (χ3v) is 2.12. The Kier molecular flexibility index (Phi) is 3.28. The average Bonchev–Trinajstić information content (AvgIpc) is 2.16. The van der Waals surface area contributed by atoms with Crippen LogP contribution in [0.1, 0.15) is 35.7 Å². The van der Waals surface area contributed by atoms with Crippen LogP contribution in [0.15, 0.2) is 24.3 Å². The summed E-state index contributed by atoms with van der Waals surface area (Å²) < 4.78 is 0. The molecule has 0 aliphatic heterocycles. The predicted octanol–water partition coefficient (Wildman–Crippen LogP) is 2.55. The summed E-state index contributed by atoms with van der Waals surface area (Å²) in [5, 5.41) is 0. The van der Waals surface area contributed by atoms with Gasteiger partial charge in [0.1, 0.15) is 0 Å². The second-order valence-corrected chi connectivity index (χ2v) is 3.70. The van der Waals surface area contributed by atoms with E-state index in [0.29, 0.717) is 11.5 Å². The van der Waals surface area contributed by atoms with E-state index in [1.165, 1.54) is 0 Å². The minimum Gasteiger partial charge on any atom is -0.334 e. The molecule has 0 aromatic heterocycles. The summed E-state index contributed by atoms with van der Waals surface area (Å²) in [6.07, 6.45) is 0. The lowest BCUT2D eigenvalue weighted by molar-refractivity contribution is 0.0846. The van der Waals surface area contributed by atoms with E-state index in [-0.39, 0.29) is 5.91 Å². The second-order valence-electron chi connectivity index (χ2n) is 3.70. The van der Waals surface area contributed by atoms with Gasteiger partial charge in [0.2, 0.25) is 0 Å². The summed E-state index contributed by atoms with van der Waals surface area (Å²) in [6.45, 7) is 4.19. The Morgan fingerprint density at radius 1 is 1.43 bits per heavy atom. The number of hydrogen-bond donors (Lipinski definition) is 0. The van der Waals surface area contributed by atoms with Gasteiger partial charge in [0, 0.05) is 12.6 Å². The highest BCUT2D eigenvalue weighted by Gasteiger charge is 2.09. The normalized spacial score (nSPS) is 10.4. The molecule has 0 saturated heterocycles. The highest BCUT2D eigenvalue weighted by atomic mass is 16.2. The van der Waals surface area contributed by atoms with Crippen LogP contribution in [-0.4, -0.2) is 17.9 Å². The molecule has 14 heavy (non-hydrogen) atoms. The van der Waals surface area contributed by atoms with Gasteiger partial charge in [-0.05, 0) is 23.6 Å². The minimum atomic E-state index is -0.160. The van der Waals surface area contributed by atoms with Crippen LogP contribution < -0.4 is 0 Å². The Balaban J connectivity index is 3.00. The van der Waals surface area contributed by atoms with E-state index in [2.05, 4.69) is 13.8 Å². The van der Waals surface area contributed by atoms with Crippen molar-refractivity contribution in [2.24, 2.45) is 0 Å². The molecule has 0 unspecified atom stereocenters. The molecule has 2 nitrogen and oxygen atoms in total. The van der Waals surface area contributed by atoms with Gasteiger partial charge in [-0.15, -0.1) is 0 Å². The minimum absolute atomic E-state index is 0.160. The van der Waals surface area contributed by atoms with E-state index >= 15 is 0 Å². The predicted molar refractivity (Wildman–Crippen MR) is 56.9 cm³/mol. The summed E-state index contributed by atoms with van der Waals surface area (Å²) in [7, 11) is 6.92. The molecule has 0 heterocycles. The maximum absolute atomic E-state index is 11.5. The molecular formula is C12H15NO. The molecule has 0 bridgehead atoms. The van der Waals surface area contributed by atoms with Gasteiger partial charge in [0.15, 0.2) is 0 Å². The highest BCUT2D eigenvalue weighted by Crippen LogP contribution is 2.16. The number of benzene rings is 1. The number of rotatable bonds is 2. The zero-order valence-electron chi connectivity index (χ0n) is 8.82. The fourth-order valence-electron chi connectivity index (χ4n) is 1.23. The summed E-state index contributed by atoms with van der Waals surface area (Å²) >= 11 is 0. The Hall–Kier alpha value is -1.31. The largest absolute Gasteiger partial charge is 0.334 e. The first-order valence-corrected chi connectivity index (χ1v) is 4.65. The quantitative estimate of drug-likeness (QED) is 0.655. The monoisotopic (exact) mass is 189 g/mol. The molecule has 0 atom stereocenters. The molecule has 1 aromatic rings. The Bertz CT molecular complexity index is 329. The van der Waals surface area contributed by atoms with Gasteiger partial charge in [-0.1, -0.05) is 26.0 Å². The molecule has 0 saturated carbocycles. The van der Waals surface area contributed by atoms with Gasteiger partial charge in [0.05, 0.1) is 7.05 Å². The molecule has 0 spiro atoms. The molecule has 2 radical (unpaired) electrons. The van der Waals surface area contributed by atoms with Gasteiger partial charge < -0.3 is 4.90 Å². The van der Waals surface area contributed by atoms with E-state index in [1.807, 2.05) is 18.2 Å². The van der Waals surface area contributed by atoms with E-state index in [1.54, 1.807) is 13.1 Å². The van der Waals surface area contributed by atoms with Gasteiger partial charge in [-0.25, -0.2) is 0 Å². The summed E-state index contributed by atoms with van der Waals surface area (Å²) in [4.78, 5) is 12.6. The summed E-state index contributed by atoms with van der Waals surface area (Å²) in [6, 6.07) is 7.55. The fourth-order valence-corrected chi connectivity index (χ4v) is 1.23. The Morgan fingerprint density at radius 2 is 2.07 bits per heavy atom. The van der Waals surface area contributed by atoms with Crippen molar-refractivity contribution in [3.63, 3.8) is 0 Å². The number of carbonyl (C=O) groups excluding carboxylic acids is 1. The van der Waals surface area contributed by atoms with Crippen LogP contribution in [-0.2, 0) is 0 Å². The lowest BCUT2D eigenvalue weighted by atomic mass is 10.0. The van der Waals surface area contributed by atoms with Crippen molar-refractivity contribution >= 4 is 5.91 Å². The number of amides is 1. The van der Waals surface area contributed by atoms with Crippen molar-refractivity contribution < 1.29 is 4.79 Å². The number of hydrogen-bond acceptors (Lipinski definition) is 1. The van der Waals surface area contributed by atoms with E-state index in [4.69, 9.17) is 7.05 Å². The fraction of sp³-hybridized carbons (Fsp3) is 0.333. The van der Waals surface area contributed by atoms with Crippen LogP contribution in [0.4, 0.5) is 0 Å². The van der Waals surface area contributed by atoms with Crippen LogP contribution in [0.3, 0.4) is 0 Å². The third-order valence-electron chi connectivity index (χ3n) is 2.12. The van der Waals surface area contributed by atoms with Crippen molar-refractivity contribution in [1.82, 2.24) is 4.90 Å². The molecule has 0 N–H and O–H groups in total. The van der Waals surface area contributed by atoms with Crippen LogP contribution in [0.5, 0.6) is 0 Å². The number of nitrogens with zero attached hydrogens (tertiary/aromatic N) is 1. The molecule has 1 aromatic carbocycles. The van der Waals surface area contributed by atoms with Crippen molar-refractivity contribution in [1.29, 1.82) is 0 Å². The van der Waals surface area contributed by atoms with Gasteiger partial charge >= 0.3 is 0 Å². The molecule has 0 aliphatic carbocycles. The molecule has 0 aliphatic rings. The lowest BCUT2D eigenvalue weighted by Gasteiger charge is -2.11. The SMILES string of the molecule is [CH]N(C)C(=O)c1cccc(C(C)C)c1. The maximum atomic E-state index is 11.5. The van der Waals surface area contributed by atoms with Crippen molar-refractivity contribution in [3.05, 3.63) is 42.4 Å². The second kappa shape index (κ2) is 4.27. The molecular weight excluding hydrogens is 174 g/mol. The average molecular weight is 189 g/mol. The number of carbonyl (C=O) groups is 1. The molecule has 1 amide bonds. The van der Waals surface area contributed by atoms with Crippen molar-refractivity contribution in [3.8, 4) is 0 Å². The Morgan fingerprint density at radius 3 is 2.57 bits per heavy atom. The van der Waals surface area contributed by atoms with Gasteiger partial charge in [-0.3, -0.25) is 4.79 Å². The zero-order chi connectivity index (χ0) is 10.7. The van der Waals surface area contributed by atoms with E-state index in [9.17, 15) is 4.79 Å². The van der Waals surface area contributed by atoms with E-state index < -0.39 is 0 Å². The van der Waals surface area contributed by atoms with E-state index in [0.717, 1.165) is 10.5 Å². The van der Waals surface area contributed by atoms with Crippen LogP contribution >= 0.6 is 0 Å². The first-order chi connectivity index (χ1) is 6.52. The third kappa shape index (κ3) is 2.34. The van der Waals surface area contributed by atoms with Crippen LogP contribution in [0, 0.1) is 7.05 Å². The topological polar surface area (TPSA) is 20.3 Å². The molecule has 74 valence electrons. The summed E-state index contributed by atoms with van der Waals surface area (Å²) in [5.41, 5.74) is 1.79. The molecule has 2 heteroatoms. The molecule has 1 rings (SSSR count). The summed E-state index contributed by atoms with van der Waals surface area (Å²) in [5.74, 6) is 0.262. The zero-order valence-corrected chi connectivity index (χ0v) is 8.82. The van der Waals surface area contributed by atoms with Gasteiger partial charge in [0.25, 0.3) is 5.91 Å². The first-order valence-electron chi connectivity index (χ1n) is 4.65. The van der Waals surface area contributed by atoms with Crippen molar-refractivity contribution in [2.45, 2.75) is 19.8 Å². The van der Waals surface area contributed by atoms with Crippen LogP contribution in [0.25, 0.3) is 0 Å². The van der Waals surface area contributed by atoms with Crippen LogP contribution in [0.2, 0.25) is 0 Å². The Labute approximate surface area is 85.5 Å². The highest BCUT2D eigenvalue weighted by molar-refractivity contribution is 5.94. The van der Waals surface area contributed by atoms with Gasteiger partial charge in [-0.2, -0.15) is 0 Å². The maximum Gasteiger partial charge on any atom is 0.253 e. The standard InChI is InChI=1S/C12H15NO/c1-9(2)10-6-5-7-11(8-10)12(14)13(3)4/h3,5-9H,1-2,4H3. The lowest BCUT2D eigenvalue weighted by Crippen LogP contribution is -2.19. The first kappa shape index (κ1) is 10.8. The van der Waals surface area contributed by atoms with Crippen molar-refractivity contribution in [2.75, 3.05) is 7.05 Å². The molecule has 0 fully saturated rings. The smallest absolute Gasteiger partial charge is 0.253 e.